The number of rotatable bonds is 6. The van der Waals surface area contributed by atoms with E-state index in [9.17, 15) is 0 Å². The number of hydrogen-bond acceptors (Lipinski definition) is 3. The first-order valence-electron chi connectivity index (χ1n) is 6.92. The first kappa shape index (κ1) is 20.2. The quantitative estimate of drug-likeness (QED) is 0.337. The molecule has 1 heterocycles. The molecule has 0 aliphatic carbocycles. The van der Waals surface area contributed by atoms with Gasteiger partial charge in [-0.15, -0.1) is 24.0 Å². The topological polar surface area (TPSA) is 54.7 Å². The Morgan fingerprint density at radius 3 is 2.71 bits per heavy atom. The molecule has 1 rings (SSSR count). The molecule has 1 N–H and O–H groups in total. The van der Waals surface area contributed by atoms with Crippen LogP contribution in [0.4, 0.5) is 0 Å². The number of methoxy groups -OCH3 is 1. The fourth-order valence-electron chi connectivity index (χ4n) is 2.14. The van der Waals surface area contributed by atoms with E-state index >= 15 is 0 Å². The maximum Gasteiger partial charge on any atom is 0.193 e. The van der Waals surface area contributed by atoms with Gasteiger partial charge < -0.3 is 15.0 Å². The number of nitrogens with zero attached hydrogens (tertiary/aromatic N) is 4. The van der Waals surface area contributed by atoms with Crippen LogP contribution in [0.25, 0.3) is 0 Å². The number of guanidine groups is 1. The van der Waals surface area contributed by atoms with Crippen LogP contribution in [-0.4, -0.2) is 55.0 Å². The van der Waals surface area contributed by atoms with Crippen LogP contribution in [-0.2, 0) is 18.3 Å². The lowest BCUT2D eigenvalue weighted by atomic mass is 10.1. The highest BCUT2D eigenvalue weighted by Crippen LogP contribution is 2.18. The van der Waals surface area contributed by atoms with Gasteiger partial charge in [0, 0.05) is 53.1 Å². The lowest BCUT2D eigenvalue weighted by Crippen LogP contribution is -2.40. The molecule has 0 aliphatic rings. The number of hydrogen-bond donors (Lipinski definition) is 1. The van der Waals surface area contributed by atoms with Crippen LogP contribution in [0.1, 0.15) is 31.0 Å². The molecule has 21 heavy (non-hydrogen) atoms. The summed E-state index contributed by atoms with van der Waals surface area (Å²) in [6.45, 7) is 6.53. The second-order valence-electron chi connectivity index (χ2n) is 5.19. The minimum Gasteiger partial charge on any atom is -0.383 e. The van der Waals surface area contributed by atoms with Crippen molar-refractivity contribution in [3.63, 3.8) is 0 Å². The van der Waals surface area contributed by atoms with Gasteiger partial charge in [-0.3, -0.25) is 9.67 Å². The Morgan fingerprint density at radius 2 is 2.19 bits per heavy atom. The average Bonchev–Trinajstić information content (AvgIpc) is 2.75. The molecule has 1 aromatic heterocycles. The van der Waals surface area contributed by atoms with Gasteiger partial charge >= 0.3 is 0 Å². The van der Waals surface area contributed by atoms with Gasteiger partial charge in [0.05, 0.1) is 12.3 Å². The number of aromatic nitrogens is 2. The van der Waals surface area contributed by atoms with E-state index in [1.54, 1.807) is 14.2 Å². The van der Waals surface area contributed by atoms with Crippen molar-refractivity contribution in [1.29, 1.82) is 0 Å². The lowest BCUT2D eigenvalue weighted by molar-refractivity contribution is 0.203. The molecule has 7 heteroatoms. The molecule has 0 aliphatic heterocycles. The van der Waals surface area contributed by atoms with Gasteiger partial charge in [0.1, 0.15) is 0 Å². The van der Waals surface area contributed by atoms with E-state index in [1.807, 2.05) is 18.8 Å². The van der Waals surface area contributed by atoms with Crippen LogP contribution in [0.5, 0.6) is 0 Å². The van der Waals surface area contributed by atoms with E-state index in [0.29, 0.717) is 12.5 Å². The van der Waals surface area contributed by atoms with Crippen molar-refractivity contribution in [2.45, 2.75) is 26.3 Å². The van der Waals surface area contributed by atoms with E-state index < -0.39 is 0 Å². The molecular formula is C14H28IN5O. The van der Waals surface area contributed by atoms with Gasteiger partial charge in [0.25, 0.3) is 0 Å². The highest BCUT2D eigenvalue weighted by Gasteiger charge is 2.14. The van der Waals surface area contributed by atoms with Crippen LogP contribution in [0, 0.1) is 0 Å². The third kappa shape index (κ3) is 6.21. The van der Waals surface area contributed by atoms with E-state index in [4.69, 9.17) is 4.74 Å². The summed E-state index contributed by atoms with van der Waals surface area (Å²) < 4.78 is 6.91. The molecule has 0 spiro atoms. The lowest BCUT2D eigenvalue weighted by Gasteiger charge is -2.22. The summed E-state index contributed by atoms with van der Waals surface area (Å²) in [5, 5.41) is 7.80. The standard InChI is InChI=1S/C14H27N5O.HI/c1-11(2)13-12(10-19(5)17-13)9-18(4)14(15-3)16-7-8-20-6;/h10-11H,7-9H2,1-6H3,(H,15,16);1H. The summed E-state index contributed by atoms with van der Waals surface area (Å²) in [6, 6.07) is 0. The highest BCUT2D eigenvalue weighted by atomic mass is 127. The Balaban J connectivity index is 0.00000400. The minimum absolute atomic E-state index is 0. The van der Waals surface area contributed by atoms with Crippen LogP contribution < -0.4 is 5.32 Å². The van der Waals surface area contributed by atoms with Crippen molar-refractivity contribution in [3.05, 3.63) is 17.5 Å². The summed E-state index contributed by atoms with van der Waals surface area (Å²) in [4.78, 5) is 6.38. The zero-order valence-corrected chi connectivity index (χ0v) is 16.2. The van der Waals surface area contributed by atoms with Crippen molar-refractivity contribution < 1.29 is 4.74 Å². The van der Waals surface area contributed by atoms with Crippen LogP contribution in [0.2, 0.25) is 0 Å². The average molecular weight is 409 g/mol. The van der Waals surface area contributed by atoms with Crippen molar-refractivity contribution in [3.8, 4) is 0 Å². The van der Waals surface area contributed by atoms with Crippen LogP contribution >= 0.6 is 24.0 Å². The predicted molar refractivity (Wildman–Crippen MR) is 97.4 cm³/mol. The second kappa shape index (κ2) is 9.99. The van der Waals surface area contributed by atoms with E-state index in [2.05, 4.69) is 40.4 Å². The second-order valence-corrected chi connectivity index (χ2v) is 5.19. The van der Waals surface area contributed by atoms with Gasteiger partial charge in [-0.1, -0.05) is 13.8 Å². The van der Waals surface area contributed by atoms with Crippen molar-refractivity contribution in [2.75, 3.05) is 34.4 Å². The number of ether oxygens (including phenoxy) is 1. The molecule has 0 atom stereocenters. The fourth-order valence-corrected chi connectivity index (χ4v) is 2.14. The summed E-state index contributed by atoms with van der Waals surface area (Å²) in [6.07, 6.45) is 2.08. The van der Waals surface area contributed by atoms with Crippen molar-refractivity contribution >= 4 is 29.9 Å². The van der Waals surface area contributed by atoms with Crippen molar-refractivity contribution in [1.82, 2.24) is 20.0 Å². The molecule has 122 valence electrons. The maximum atomic E-state index is 5.04. The minimum atomic E-state index is 0. The third-order valence-electron chi connectivity index (χ3n) is 3.05. The molecule has 0 unspecified atom stereocenters. The summed E-state index contributed by atoms with van der Waals surface area (Å²) >= 11 is 0. The monoisotopic (exact) mass is 409 g/mol. The first-order valence-corrected chi connectivity index (χ1v) is 6.92. The Kier molecular flexibility index (Phi) is 9.60. The Bertz CT molecular complexity index is 445. The zero-order chi connectivity index (χ0) is 15.1. The molecule has 0 saturated carbocycles. The van der Waals surface area contributed by atoms with Crippen LogP contribution in [0.3, 0.4) is 0 Å². The van der Waals surface area contributed by atoms with Gasteiger partial charge in [-0.2, -0.15) is 5.10 Å². The Labute approximate surface area is 145 Å². The molecule has 0 fully saturated rings. The highest BCUT2D eigenvalue weighted by molar-refractivity contribution is 14.0. The summed E-state index contributed by atoms with van der Waals surface area (Å²) in [5.74, 6) is 1.28. The van der Waals surface area contributed by atoms with Gasteiger partial charge in [0.15, 0.2) is 5.96 Å². The zero-order valence-electron chi connectivity index (χ0n) is 13.9. The number of aliphatic imine (C=N–C) groups is 1. The Hall–Kier alpha value is -0.830. The SMILES string of the molecule is CN=C(NCCOC)N(C)Cc1cn(C)nc1C(C)C.I. The van der Waals surface area contributed by atoms with Gasteiger partial charge in [-0.05, 0) is 5.92 Å². The number of nitrogens with one attached hydrogen (secondary N) is 1. The van der Waals surface area contributed by atoms with Crippen LogP contribution in [0.15, 0.2) is 11.2 Å². The van der Waals surface area contributed by atoms with Gasteiger partial charge in [-0.25, -0.2) is 0 Å². The first-order chi connectivity index (χ1) is 9.49. The molecular weight excluding hydrogens is 381 g/mol. The Morgan fingerprint density at radius 1 is 1.52 bits per heavy atom. The normalized spacial score (nSPS) is 11.5. The molecule has 6 nitrogen and oxygen atoms in total. The van der Waals surface area contributed by atoms with E-state index in [0.717, 1.165) is 24.7 Å². The maximum absolute atomic E-state index is 5.04. The molecule has 0 saturated heterocycles. The molecule has 0 radical (unpaired) electrons. The summed E-state index contributed by atoms with van der Waals surface area (Å²) in [7, 11) is 7.47. The van der Waals surface area contributed by atoms with E-state index in [-0.39, 0.29) is 24.0 Å². The van der Waals surface area contributed by atoms with E-state index in [1.165, 1.54) is 5.56 Å². The molecule has 0 aromatic carbocycles. The largest absolute Gasteiger partial charge is 0.383 e. The predicted octanol–water partition coefficient (Wildman–Crippen LogP) is 1.82. The fraction of sp³-hybridized carbons (Fsp3) is 0.714. The molecule has 1 aromatic rings. The number of halogens is 1. The third-order valence-corrected chi connectivity index (χ3v) is 3.05. The van der Waals surface area contributed by atoms with Crippen molar-refractivity contribution in [2.24, 2.45) is 12.0 Å². The number of aryl methyl sites for hydroxylation is 1. The van der Waals surface area contributed by atoms with Gasteiger partial charge in [0.2, 0.25) is 0 Å². The molecule has 0 amide bonds. The summed E-state index contributed by atoms with van der Waals surface area (Å²) in [5.41, 5.74) is 2.38. The smallest absolute Gasteiger partial charge is 0.193 e. The molecule has 0 bridgehead atoms.